The summed E-state index contributed by atoms with van der Waals surface area (Å²) in [6, 6.07) is 11.9. The Kier molecular flexibility index (Phi) is 3.96. The lowest BCUT2D eigenvalue weighted by Gasteiger charge is -2.13. The molecule has 0 unspecified atom stereocenters. The minimum atomic E-state index is 0.747. The summed E-state index contributed by atoms with van der Waals surface area (Å²) >= 11 is 2.24. The zero-order chi connectivity index (χ0) is 13.1. The summed E-state index contributed by atoms with van der Waals surface area (Å²) in [5, 5.41) is 3.34. The SMILES string of the molecule is COc1ccc(Nc2ccc(I)cc2N)c(C)c1. The Bertz CT molecular complexity index is 570. The molecule has 0 bridgehead atoms. The molecule has 2 aromatic carbocycles. The van der Waals surface area contributed by atoms with Gasteiger partial charge in [-0.2, -0.15) is 0 Å². The van der Waals surface area contributed by atoms with E-state index in [0.717, 1.165) is 31.9 Å². The third-order valence-electron chi connectivity index (χ3n) is 2.72. The lowest BCUT2D eigenvalue weighted by Crippen LogP contribution is -1.98. The Balaban J connectivity index is 2.28. The number of rotatable bonds is 3. The molecule has 4 heteroatoms. The number of aryl methyl sites for hydroxylation is 1. The fourth-order valence-corrected chi connectivity index (χ4v) is 2.21. The Hall–Kier alpha value is -1.43. The maximum absolute atomic E-state index is 5.98. The van der Waals surface area contributed by atoms with Gasteiger partial charge in [0.2, 0.25) is 0 Å². The molecule has 0 radical (unpaired) electrons. The highest BCUT2D eigenvalue weighted by Gasteiger charge is 2.04. The minimum Gasteiger partial charge on any atom is -0.497 e. The zero-order valence-electron chi connectivity index (χ0n) is 10.3. The van der Waals surface area contributed by atoms with Crippen molar-refractivity contribution in [3.05, 3.63) is 45.5 Å². The minimum absolute atomic E-state index is 0.747. The highest BCUT2D eigenvalue weighted by molar-refractivity contribution is 14.1. The number of halogens is 1. The van der Waals surface area contributed by atoms with Crippen molar-refractivity contribution in [3.63, 3.8) is 0 Å². The molecule has 3 N–H and O–H groups in total. The molecule has 2 rings (SSSR count). The van der Waals surface area contributed by atoms with E-state index in [1.54, 1.807) is 7.11 Å². The summed E-state index contributed by atoms with van der Waals surface area (Å²) in [6.45, 7) is 2.04. The van der Waals surface area contributed by atoms with E-state index in [-0.39, 0.29) is 0 Å². The molecule has 0 aliphatic rings. The Morgan fingerprint density at radius 3 is 2.44 bits per heavy atom. The van der Waals surface area contributed by atoms with Crippen molar-refractivity contribution < 1.29 is 4.74 Å². The van der Waals surface area contributed by atoms with E-state index in [9.17, 15) is 0 Å². The van der Waals surface area contributed by atoms with Crippen molar-refractivity contribution in [3.8, 4) is 5.75 Å². The quantitative estimate of drug-likeness (QED) is 0.649. The van der Waals surface area contributed by atoms with E-state index < -0.39 is 0 Å². The van der Waals surface area contributed by atoms with Gasteiger partial charge in [0.15, 0.2) is 0 Å². The molecule has 0 aliphatic heterocycles. The van der Waals surface area contributed by atoms with Crippen LogP contribution in [0.2, 0.25) is 0 Å². The first kappa shape index (κ1) is 13.0. The standard InChI is InChI=1S/C14H15IN2O/c1-9-7-11(18-2)4-6-13(9)17-14-5-3-10(15)8-12(14)16/h3-8,17H,16H2,1-2H3. The molecule has 3 nitrogen and oxygen atoms in total. The van der Waals surface area contributed by atoms with E-state index in [1.807, 2.05) is 43.3 Å². The molecule has 0 amide bonds. The predicted octanol–water partition coefficient (Wildman–Crippen LogP) is 3.93. The first-order valence-electron chi connectivity index (χ1n) is 5.57. The van der Waals surface area contributed by atoms with E-state index in [1.165, 1.54) is 0 Å². The van der Waals surface area contributed by atoms with Crippen LogP contribution in [0.25, 0.3) is 0 Å². The monoisotopic (exact) mass is 354 g/mol. The second-order valence-electron chi connectivity index (χ2n) is 4.04. The fraction of sp³-hybridized carbons (Fsp3) is 0.143. The van der Waals surface area contributed by atoms with Crippen molar-refractivity contribution in [2.75, 3.05) is 18.2 Å². The normalized spacial score (nSPS) is 10.2. The second kappa shape index (κ2) is 5.48. The van der Waals surface area contributed by atoms with Gasteiger partial charge in [0.05, 0.1) is 18.5 Å². The van der Waals surface area contributed by atoms with Crippen LogP contribution >= 0.6 is 22.6 Å². The van der Waals surface area contributed by atoms with Crippen LogP contribution in [0.1, 0.15) is 5.56 Å². The number of nitrogen functional groups attached to an aromatic ring is 1. The topological polar surface area (TPSA) is 47.3 Å². The predicted molar refractivity (Wildman–Crippen MR) is 84.6 cm³/mol. The van der Waals surface area contributed by atoms with Gasteiger partial charge in [0, 0.05) is 9.26 Å². The van der Waals surface area contributed by atoms with Gasteiger partial charge in [-0.1, -0.05) is 0 Å². The number of ether oxygens (including phenoxy) is 1. The summed E-state index contributed by atoms with van der Waals surface area (Å²) in [4.78, 5) is 0. The van der Waals surface area contributed by atoms with Crippen LogP contribution < -0.4 is 15.8 Å². The summed E-state index contributed by atoms with van der Waals surface area (Å²) < 4.78 is 6.31. The van der Waals surface area contributed by atoms with Gasteiger partial charge in [-0.3, -0.25) is 0 Å². The Morgan fingerprint density at radius 2 is 1.83 bits per heavy atom. The van der Waals surface area contributed by atoms with E-state index in [4.69, 9.17) is 10.5 Å². The maximum Gasteiger partial charge on any atom is 0.119 e. The summed E-state index contributed by atoms with van der Waals surface area (Å²) in [6.07, 6.45) is 0. The largest absolute Gasteiger partial charge is 0.497 e. The number of benzene rings is 2. The van der Waals surface area contributed by atoms with E-state index in [2.05, 4.69) is 27.9 Å². The third kappa shape index (κ3) is 2.87. The lowest BCUT2D eigenvalue weighted by molar-refractivity contribution is 0.414. The summed E-state index contributed by atoms with van der Waals surface area (Å²) in [7, 11) is 1.67. The molecular formula is C14H15IN2O. The van der Waals surface area contributed by atoms with Crippen molar-refractivity contribution in [1.82, 2.24) is 0 Å². The zero-order valence-corrected chi connectivity index (χ0v) is 12.5. The lowest BCUT2D eigenvalue weighted by atomic mass is 10.1. The molecule has 18 heavy (non-hydrogen) atoms. The molecule has 2 aromatic rings. The highest BCUT2D eigenvalue weighted by Crippen LogP contribution is 2.28. The molecule has 94 valence electrons. The molecule has 0 saturated heterocycles. The van der Waals surface area contributed by atoms with Crippen molar-refractivity contribution in [2.45, 2.75) is 6.92 Å². The number of hydrogen-bond donors (Lipinski definition) is 2. The number of anilines is 3. The van der Waals surface area contributed by atoms with Crippen LogP contribution in [0.3, 0.4) is 0 Å². The van der Waals surface area contributed by atoms with Crippen LogP contribution in [0, 0.1) is 10.5 Å². The number of nitrogens with one attached hydrogen (secondary N) is 1. The molecule has 0 aromatic heterocycles. The van der Waals surface area contributed by atoms with Crippen LogP contribution in [-0.4, -0.2) is 7.11 Å². The van der Waals surface area contributed by atoms with Crippen molar-refractivity contribution in [1.29, 1.82) is 0 Å². The molecule has 0 saturated carbocycles. The van der Waals surface area contributed by atoms with Gasteiger partial charge in [-0.15, -0.1) is 0 Å². The Morgan fingerprint density at radius 1 is 1.11 bits per heavy atom. The first-order chi connectivity index (χ1) is 8.60. The van der Waals surface area contributed by atoms with Gasteiger partial charge >= 0.3 is 0 Å². The smallest absolute Gasteiger partial charge is 0.119 e. The van der Waals surface area contributed by atoms with E-state index >= 15 is 0 Å². The van der Waals surface area contributed by atoms with Gasteiger partial charge in [-0.05, 0) is 71.5 Å². The molecule has 0 spiro atoms. The maximum atomic E-state index is 5.98. The number of hydrogen-bond acceptors (Lipinski definition) is 3. The summed E-state index contributed by atoms with van der Waals surface area (Å²) in [5.41, 5.74) is 9.80. The van der Waals surface area contributed by atoms with Crippen molar-refractivity contribution in [2.24, 2.45) is 0 Å². The summed E-state index contributed by atoms with van der Waals surface area (Å²) in [5.74, 6) is 0.855. The second-order valence-corrected chi connectivity index (χ2v) is 5.28. The van der Waals surface area contributed by atoms with Gasteiger partial charge in [0.25, 0.3) is 0 Å². The fourth-order valence-electron chi connectivity index (χ4n) is 1.70. The van der Waals surface area contributed by atoms with Crippen LogP contribution in [0.15, 0.2) is 36.4 Å². The molecular weight excluding hydrogens is 339 g/mol. The third-order valence-corrected chi connectivity index (χ3v) is 3.39. The Labute approximate surface area is 120 Å². The van der Waals surface area contributed by atoms with E-state index in [0.29, 0.717) is 0 Å². The molecule has 0 atom stereocenters. The van der Waals surface area contributed by atoms with Gasteiger partial charge < -0.3 is 15.8 Å². The van der Waals surface area contributed by atoms with Crippen LogP contribution in [0.5, 0.6) is 5.75 Å². The van der Waals surface area contributed by atoms with Crippen LogP contribution in [-0.2, 0) is 0 Å². The van der Waals surface area contributed by atoms with Gasteiger partial charge in [0.1, 0.15) is 5.75 Å². The number of nitrogens with two attached hydrogens (primary N) is 1. The van der Waals surface area contributed by atoms with Crippen LogP contribution in [0.4, 0.5) is 17.1 Å². The molecule has 0 fully saturated rings. The van der Waals surface area contributed by atoms with Gasteiger partial charge in [-0.25, -0.2) is 0 Å². The molecule has 0 heterocycles. The highest BCUT2D eigenvalue weighted by atomic mass is 127. The average molecular weight is 354 g/mol. The van der Waals surface area contributed by atoms with Crippen molar-refractivity contribution >= 4 is 39.7 Å². The number of methoxy groups -OCH3 is 1. The average Bonchev–Trinajstić information content (AvgIpc) is 2.34. The molecule has 0 aliphatic carbocycles. The first-order valence-corrected chi connectivity index (χ1v) is 6.64.